The largest absolute Gasteiger partial charge is 0.309 e. The number of thioether (sulfide) groups is 1. The lowest BCUT2D eigenvalue weighted by molar-refractivity contribution is 0.240. The number of nitrogens with zero attached hydrogens (tertiary/aromatic N) is 4. The van der Waals surface area contributed by atoms with Crippen LogP contribution in [-0.2, 0) is 0 Å². The predicted molar refractivity (Wildman–Crippen MR) is 92.6 cm³/mol. The van der Waals surface area contributed by atoms with Gasteiger partial charge in [0, 0.05) is 24.7 Å². The van der Waals surface area contributed by atoms with E-state index in [1.54, 1.807) is 0 Å². The molecular formula is C17H24N4S. The van der Waals surface area contributed by atoms with Gasteiger partial charge in [-0.1, -0.05) is 0 Å². The van der Waals surface area contributed by atoms with Crippen LogP contribution in [0.25, 0.3) is 11.2 Å². The molecule has 4 rings (SSSR count). The zero-order chi connectivity index (χ0) is 14.9. The van der Waals surface area contributed by atoms with Gasteiger partial charge in [0.2, 0.25) is 0 Å². The van der Waals surface area contributed by atoms with Crippen molar-refractivity contribution in [3.8, 4) is 0 Å². The van der Waals surface area contributed by atoms with E-state index < -0.39 is 0 Å². The van der Waals surface area contributed by atoms with Crippen LogP contribution in [0.5, 0.6) is 0 Å². The van der Waals surface area contributed by atoms with Gasteiger partial charge in [-0.15, -0.1) is 0 Å². The Labute approximate surface area is 136 Å². The number of rotatable bonds is 2. The maximum Gasteiger partial charge on any atom is 0.160 e. The molecular weight excluding hydrogens is 292 g/mol. The molecule has 0 aromatic carbocycles. The molecule has 1 atom stereocenters. The lowest BCUT2D eigenvalue weighted by Gasteiger charge is -2.32. The first-order valence-electron chi connectivity index (χ1n) is 8.42. The summed E-state index contributed by atoms with van der Waals surface area (Å²) in [5, 5.41) is 0. The Kier molecular flexibility index (Phi) is 4.09. The molecule has 2 aliphatic heterocycles. The van der Waals surface area contributed by atoms with E-state index >= 15 is 0 Å². The first kappa shape index (κ1) is 14.5. The molecule has 22 heavy (non-hydrogen) atoms. The van der Waals surface area contributed by atoms with E-state index in [4.69, 9.17) is 4.98 Å². The molecule has 2 aliphatic rings. The van der Waals surface area contributed by atoms with Gasteiger partial charge in [-0.2, -0.15) is 11.8 Å². The number of likely N-dealkylation sites (N-methyl/N-ethyl adjacent to an activating group) is 1. The van der Waals surface area contributed by atoms with Crippen molar-refractivity contribution in [2.24, 2.45) is 0 Å². The van der Waals surface area contributed by atoms with Crippen LogP contribution in [-0.4, -0.2) is 51.1 Å². The number of hydrogen-bond donors (Lipinski definition) is 0. The zero-order valence-electron chi connectivity index (χ0n) is 13.2. The lowest BCUT2D eigenvalue weighted by Crippen LogP contribution is -2.33. The summed E-state index contributed by atoms with van der Waals surface area (Å²) in [7, 11) is 2.23. The van der Waals surface area contributed by atoms with Crippen molar-refractivity contribution in [1.29, 1.82) is 0 Å². The quantitative estimate of drug-likeness (QED) is 0.851. The number of fused-ring (bicyclic) bond motifs is 1. The smallest absolute Gasteiger partial charge is 0.160 e. The van der Waals surface area contributed by atoms with Gasteiger partial charge in [-0.05, 0) is 62.9 Å². The van der Waals surface area contributed by atoms with Crippen LogP contribution in [0.1, 0.15) is 43.5 Å². The molecule has 0 spiro atoms. The third-order valence-electron chi connectivity index (χ3n) is 5.02. The summed E-state index contributed by atoms with van der Waals surface area (Å²) in [5.74, 6) is 4.38. The third-order valence-corrected chi connectivity index (χ3v) is 6.07. The van der Waals surface area contributed by atoms with E-state index in [0.717, 1.165) is 17.7 Å². The van der Waals surface area contributed by atoms with Crippen LogP contribution < -0.4 is 0 Å². The molecule has 0 saturated carbocycles. The van der Waals surface area contributed by atoms with Crippen molar-refractivity contribution in [3.63, 3.8) is 0 Å². The van der Waals surface area contributed by atoms with Crippen molar-refractivity contribution >= 4 is 22.9 Å². The first-order valence-corrected chi connectivity index (χ1v) is 9.57. The fourth-order valence-corrected chi connectivity index (χ4v) is 5.00. The van der Waals surface area contributed by atoms with E-state index in [1.165, 1.54) is 49.6 Å². The minimum atomic E-state index is 0.558. The summed E-state index contributed by atoms with van der Waals surface area (Å²) in [6.45, 7) is 2.35. The summed E-state index contributed by atoms with van der Waals surface area (Å²) in [5.41, 5.74) is 2.17. The fourth-order valence-electron chi connectivity index (χ4n) is 3.92. The molecule has 2 aromatic rings. The molecule has 0 bridgehead atoms. The van der Waals surface area contributed by atoms with Gasteiger partial charge in [0.25, 0.3) is 0 Å². The van der Waals surface area contributed by atoms with E-state index in [0.29, 0.717) is 12.0 Å². The van der Waals surface area contributed by atoms with E-state index in [9.17, 15) is 0 Å². The van der Waals surface area contributed by atoms with Gasteiger partial charge >= 0.3 is 0 Å². The number of imidazole rings is 1. The summed E-state index contributed by atoms with van der Waals surface area (Å²) in [6, 6.07) is 4.71. The minimum absolute atomic E-state index is 0.558. The summed E-state index contributed by atoms with van der Waals surface area (Å²) < 4.78 is 2.50. The molecule has 0 N–H and O–H groups in total. The van der Waals surface area contributed by atoms with Crippen molar-refractivity contribution in [2.75, 3.05) is 31.6 Å². The predicted octanol–water partition coefficient (Wildman–Crippen LogP) is 3.31. The Hall–Kier alpha value is -1.07. The summed E-state index contributed by atoms with van der Waals surface area (Å²) in [4.78, 5) is 12.1. The number of hydrogen-bond acceptors (Lipinski definition) is 4. The molecule has 2 aromatic heterocycles. The standard InChI is InChI=1S/C17H24N4S/c1-20-9-3-4-13(12-20)16-19-15-5-2-8-18-17(15)21(16)14-6-10-22-11-7-14/h2,5,8,13-14H,3-4,6-7,9-12H2,1H3. The monoisotopic (exact) mass is 316 g/mol. The minimum Gasteiger partial charge on any atom is -0.309 e. The highest BCUT2D eigenvalue weighted by molar-refractivity contribution is 7.99. The highest BCUT2D eigenvalue weighted by atomic mass is 32.2. The second kappa shape index (κ2) is 6.20. The highest BCUT2D eigenvalue weighted by Gasteiger charge is 2.28. The van der Waals surface area contributed by atoms with Gasteiger partial charge < -0.3 is 9.47 Å². The van der Waals surface area contributed by atoms with Crippen LogP contribution in [0.2, 0.25) is 0 Å². The average Bonchev–Trinajstić information content (AvgIpc) is 2.95. The molecule has 2 saturated heterocycles. The SMILES string of the molecule is CN1CCCC(c2nc3cccnc3n2C2CCSCC2)C1. The average molecular weight is 316 g/mol. The Morgan fingerprint density at radius 1 is 1.23 bits per heavy atom. The van der Waals surface area contributed by atoms with Gasteiger partial charge in [0.1, 0.15) is 11.3 Å². The van der Waals surface area contributed by atoms with E-state index in [-0.39, 0.29) is 0 Å². The molecule has 0 radical (unpaired) electrons. The first-order chi connectivity index (χ1) is 10.8. The van der Waals surface area contributed by atoms with Crippen molar-refractivity contribution in [1.82, 2.24) is 19.4 Å². The number of aromatic nitrogens is 3. The van der Waals surface area contributed by atoms with Crippen LogP contribution in [0.4, 0.5) is 0 Å². The Balaban J connectivity index is 1.78. The van der Waals surface area contributed by atoms with Gasteiger partial charge in [-0.3, -0.25) is 0 Å². The Bertz CT molecular complexity index is 647. The maximum absolute atomic E-state index is 5.01. The van der Waals surface area contributed by atoms with Crippen LogP contribution >= 0.6 is 11.8 Å². The van der Waals surface area contributed by atoms with Crippen molar-refractivity contribution < 1.29 is 0 Å². The lowest BCUT2D eigenvalue weighted by atomic mass is 9.97. The van der Waals surface area contributed by atoms with Crippen LogP contribution in [0, 0.1) is 0 Å². The van der Waals surface area contributed by atoms with Crippen molar-refractivity contribution in [3.05, 3.63) is 24.2 Å². The third kappa shape index (κ3) is 2.65. The topological polar surface area (TPSA) is 34.0 Å². The molecule has 1 unspecified atom stereocenters. The summed E-state index contributed by atoms with van der Waals surface area (Å²) >= 11 is 2.08. The van der Waals surface area contributed by atoms with Gasteiger partial charge in [-0.25, -0.2) is 9.97 Å². The molecule has 0 aliphatic carbocycles. The number of piperidine rings is 1. The normalized spacial score (nSPS) is 24.9. The van der Waals surface area contributed by atoms with Gasteiger partial charge in [0.05, 0.1) is 0 Å². The van der Waals surface area contributed by atoms with E-state index in [1.807, 2.05) is 12.3 Å². The van der Waals surface area contributed by atoms with E-state index in [2.05, 4.69) is 39.3 Å². The number of pyridine rings is 1. The maximum atomic E-state index is 5.01. The van der Waals surface area contributed by atoms with Crippen LogP contribution in [0.15, 0.2) is 18.3 Å². The molecule has 118 valence electrons. The Morgan fingerprint density at radius 3 is 2.91 bits per heavy atom. The second-order valence-corrected chi connectivity index (χ2v) is 7.86. The second-order valence-electron chi connectivity index (χ2n) is 6.63. The van der Waals surface area contributed by atoms with Crippen molar-refractivity contribution in [2.45, 2.75) is 37.6 Å². The molecule has 4 nitrogen and oxygen atoms in total. The number of likely N-dealkylation sites (tertiary alicyclic amines) is 1. The Morgan fingerprint density at radius 2 is 2.09 bits per heavy atom. The zero-order valence-corrected chi connectivity index (χ0v) is 14.1. The fraction of sp³-hybridized carbons (Fsp3) is 0.647. The summed E-state index contributed by atoms with van der Waals surface area (Å²) in [6.07, 6.45) is 6.95. The molecule has 4 heterocycles. The molecule has 5 heteroatoms. The van der Waals surface area contributed by atoms with Gasteiger partial charge in [0.15, 0.2) is 5.65 Å². The molecule has 0 amide bonds. The highest BCUT2D eigenvalue weighted by Crippen LogP contribution is 2.35. The van der Waals surface area contributed by atoms with Crippen LogP contribution in [0.3, 0.4) is 0 Å². The molecule has 2 fully saturated rings.